The molecule has 1 aromatic carbocycles. The molecular weight excluding hydrogens is 172 g/mol. The van der Waals surface area contributed by atoms with Crippen molar-refractivity contribution in [1.29, 1.82) is 0 Å². The first-order valence-corrected chi connectivity index (χ1v) is 3.86. The molecule has 0 aliphatic rings. The fourth-order valence-corrected chi connectivity index (χ4v) is 0.818. The van der Waals surface area contributed by atoms with E-state index in [1.165, 1.54) is 0 Å². The summed E-state index contributed by atoms with van der Waals surface area (Å²) in [6.45, 7) is 0.249. The number of ether oxygens (including phenoxy) is 1. The standard InChI is InChI=1S/C8H10N2OS/c9-6-2-1-3-7(4-6)11-5-8(10)12/h1-4H,5,9H2,(H2,10,12). The molecule has 0 atom stereocenters. The second-order valence-electron chi connectivity index (χ2n) is 2.33. The quantitative estimate of drug-likeness (QED) is 0.539. The summed E-state index contributed by atoms with van der Waals surface area (Å²) in [5, 5.41) is 0. The normalized spacial score (nSPS) is 9.33. The van der Waals surface area contributed by atoms with Gasteiger partial charge >= 0.3 is 0 Å². The minimum Gasteiger partial charge on any atom is -0.486 e. The SMILES string of the molecule is NC(=S)COc1cccc(N)c1. The number of hydrogen-bond acceptors (Lipinski definition) is 3. The molecule has 1 rings (SSSR count). The van der Waals surface area contributed by atoms with Crippen LogP contribution in [0.3, 0.4) is 0 Å². The number of nitrogen functional groups attached to an aromatic ring is 1. The van der Waals surface area contributed by atoms with E-state index in [0.717, 1.165) is 0 Å². The second kappa shape index (κ2) is 3.92. The molecule has 0 heterocycles. The summed E-state index contributed by atoms with van der Waals surface area (Å²) in [6, 6.07) is 7.12. The lowest BCUT2D eigenvalue weighted by molar-refractivity contribution is 0.378. The minimum atomic E-state index is 0.249. The maximum absolute atomic E-state index is 5.52. The zero-order valence-corrected chi connectivity index (χ0v) is 7.30. The molecule has 0 saturated carbocycles. The summed E-state index contributed by atoms with van der Waals surface area (Å²) in [6.07, 6.45) is 0. The average molecular weight is 182 g/mol. The first kappa shape index (κ1) is 8.80. The smallest absolute Gasteiger partial charge is 0.138 e. The van der Waals surface area contributed by atoms with Crippen molar-refractivity contribution >= 4 is 22.9 Å². The lowest BCUT2D eigenvalue weighted by Gasteiger charge is -2.04. The van der Waals surface area contributed by atoms with Crippen molar-refractivity contribution in [3.63, 3.8) is 0 Å². The van der Waals surface area contributed by atoms with Crippen molar-refractivity contribution in [3.8, 4) is 5.75 Å². The molecule has 3 nitrogen and oxygen atoms in total. The number of thiocarbonyl (C=S) groups is 1. The van der Waals surface area contributed by atoms with Gasteiger partial charge in [-0.15, -0.1) is 0 Å². The van der Waals surface area contributed by atoms with Crippen LogP contribution in [0.15, 0.2) is 24.3 Å². The summed E-state index contributed by atoms with van der Waals surface area (Å²) in [4.78, 5) is 0.331. The fourth-order valence-electron chi connectivity index (χ4n) is 0.759. The van der Waals surface area contributed by atoms with Gasteiger partial charge in [-0.25, -0.2) is 0 Å². The molecule has 1 aromatic rings. The predicted octanol–water partition coefficient (Wildman–Crippen LogP) is 0.934. The van der Waals surface area contributed by atoms with Crippen LogP contribution in [0.2, 0.25) is 0 Å². The Labute approximate surface area is 76.3 Å². The van der Waals surface area contributed by atoms with Crippen LogP contribution < -0.4 is 16.2 Å². The highest BCUT2D eigenvalue weighted by molar-refractivity contribution is 7.80. The highest BCUT2D eigenvalue weighted by Gasteiger charge is 1.94. The molecule has 64 valence electrons. The van der Waals surface area contributed by atoms with Crippen LogP contribution in [0.4, 0.5) is 5.69 Å². The Balaban J connectivity index is 2.57. The molecule has 0 saturated heterocycles. The molecule has 0 aliphatic carbocycles. The number of anilines is 1. The van der Waals surface area contributed by atoms with Crippen molar-refractivity contribution in [2.75, 3.05) is 12.3 Å². The van der Waals surface area contributed by atoms with E-state index in [2.05, 4.69) is 12.2 Å². The Kier molecular flexibility index (Phi) is 2.88. The van der Waals surface area contributed by atoms with E-state index in [-0.39, 0.29) is 6.61 Å². The average Bonchev–Trinajstić information content (AvgIpc) is 2.01. The summed E-state index contributed by atoms with van der Waals surface area (Å²) in [5.41, 5.74) is 11.4. The van der Waals surface area contributed by atoms with Gasteiger partial charge in [0.25, 0.3) is 0 Å². The second-order valence-corrected chi connectivity index (χ2v) is 2.85. The summed E-state index contributed by atoms with van der Waals surface area (Å²) in [7, 11) is 0. The number of benzene rings is 1. The van der Waals surface area contributed by atoms with E-state index in [0.29, 0.717) is 16.4 Å². The highest BCUT2D eigenvalue weighted by Crippen LogP contribution is 2.13. The van der Waals surface area contributed by atoms with E-state index in [9.17, 15) is 0 Å². The van der Waals surface area contributed by atoms with Gasteiger partial charge in [0.15, 0.2) is 0 Å². The van der Waals surface area contributed by atoms with E-state index in [1.807, 2.05) is 6.07 Å². The van der Waals surface area contributed by atoms with Gasteiger partial charge in [0.2, 0.25) is 0 Å². The zero-order valence-electron chi connectivity index (χ0n) is 6.49. The van der Waals surface area contributed by atoms with Crippen LogP contribution in [0.25, 0.3) is 0 Å². The van der Waals surface area contributed by atoms with E-state index in [4.69, 9.17) is 16.2 Å². The highest BCUT2D eigenvalue weighted by atomic mass is 32.1. The molecule has 4 heteroatoms. The molecule has 0 fully saturated rings. The zero-order chi connectivity index (χ0) is 8.97. The van der Waals surface area contributed by atoms with Crippen molar-refractivity contribution in [2.45, 2.75) is 0 Å². The number of nitrogens with two attached hydrogens (primary N) is 2. The van der Waals surface area contributed by atoms with Crippen LogP contribution in [-0.2, 0) is 0 Å². The van der Waals surface area contributed by atoms with Gasteiger partial charge in [-0.2, -0.15) is 0 Å². The maximum atomic E-state index is 5.52. The van der Waals surface area contributed by atoms with Gasteiger partial charge in [0, 0.05) is 11.8 Å². The van der Waals surface area contributed by atoms with Gasteiger partial charge in [-0.1, -0.05) is 18.3 Å². The lowest BCUT2D eigenvalue weighted by atomic mass is 10.3. The van der Waals surface area contributed by atoms with Crippen molar-refractivity contribution in [2.24, 2.45) is 5.73 Å². The Bertz CT molecular complexity index is 288. The van der Waals surface area contributed by atoms with Crippen LogP contribution in [-0.4, -0.2) is 11.6 Å². The Morgan fingerprint density at radius 2 is 2.25 bits per heavy atom. The van der Waals surface area contributed by atoms with Crippen LogP contribution >= 0.6 is 12.2 Å². The molecule has 0 amide bonds. The number of hydrogen-bond donors (Lipinski definition) is 2. The molecule has 0 bridgehead atoms. The molecule has 0 radical (unpaired) electrons. The topological polar surface area (TPSA) is 61.3 Å². The Hall–Kier alpha value is -1.29. The Morgan fingerprint density at radius 1 is 1.50 bits per heavy atom. The molecule has 0 aliphatic heterocycles. The third kappa shape index (κ3) is 2.75. The molecule has 0 aromatic heterocycles. The van der Waals surface area contributed by atoms with Crippen molar-refractivity contribution in [1.82, 2.24) is 0 Å². The fraction of sp³-hybridized carbons (Fsp3) is 0.125. The van der Waals surface area contributed by atoms with Gasteiger partial charge in [-0.05, 0) is 12.1 Å². The first-order chi connectivity index (χ1) is 5.68. The van der Waals surface area contributed by atoms with Crippen LogP contribution in [0.5, 0.6) is 5.75 Å². The van der Waals surface area contributed by atoms with E-state index in [1.54, 1.807) is 18.2 Å². The molecule has 0 spiro atoms. The molecule has 4 N–H and O–H groups in total. The lowest BCUT2D eigenvalue weighted by Crippen LogP contribution is -2.17. The van der Waals surface area contributed by atoms with Crippen LogP contribution in [0, 0.1) is 0 Å². The van der Waals surface area contributed by atoms with Crippen LogP contribution in [0.1, 0.15) is 0 Å². The summed E-state index contributed by atoms with van der Waals surface area (Å²) >= 11 is 4.65. The minimum absolute atomic E-state index is 0.249. The molecular formula is C8H10N2OS. The first-order valence-electron chi connectivity index (χ1n) is 3.45. The van der Waals surface area contributed by atoms with Gasteiger partial charge in [0.05, 0.1) is 0 Å². The summed E-state index contributed by atoms with van der Waals surface area (Å²) in [5.74, 6) is 0.683. The molecule has 0 unspecified atom stereocenters. The van der Waals surface area contributed by atoms with Gasteiger partial charge in [0.1, 0.15) is 17.3 Å². The van der Waals surface area contributed by atoms with Gasteiger partial charge < -0.3 is 16.2 Å². The Morgan fingerprint density at radius 3 is 2.83 bits per heavy atom. The van der Waals surface area contributed by atoms with Crippen molar-refractivity contribution < 1.29 is 4.74 Å². The molecule has 12 heavy (non-hydrogen) atoms. The predicted molar refractivity (Wildman–Crippen MR) is 53.1 cm³/mol. The van der Waals surface area contributed by atoms with E-state index >= 15 is 0 Å². The van der Waals surface area contributed by atoms with E-state index < -0.39 is 0 Å². The third-order valence-corrected chi connectivity index (χ3v) is 1.36. The monoisotopic (exact) mass is 182 g/mol. The summed E-state index contributed by atoms with van der Waals surface area (Å²) < 4.78 is 5.20. The maximum Gasteiger partial charge on any atom is 0.138 e. The number of rotatable bonds is 3. The largest absolute Gasteiger partial charge is 0.486 e. The van der Waals surface area contributed by atoms with Crippen molar-refractivity contribution in [3.05, 3.63) is 24.3 Å². The van der Waals surface area contributed by atoms with Gasteiger partial charge in [-0.3, -0.25) is 0 Å². The third-order valence-electron chi connectivity index (χ3n) is 1.24.